The summed E-state index contributed by atoms with van der Waals surface area (Å²) in [6.07, 6.45) is 2.09. The van der Waals surface area contributed by atoms with E-state index in [1.165, 1.54) is 48.8 Å². The zero-order chi connectivity index (χ0) is 27.9. The molecule has 0 spiro atoms. The third kappa shape index (κ3) is 7.88. The first-order valence-corrected chi connectivity index (χ1v) is 12.4. The number of halogens is 2. The van der Waals surface area contributed by atoms with Gasteiger partial charge in [0.05, 0.1) is 6.42 Å². The number of anilines is 2. The lowest BCUT2D eigenvalue weighted by Crippen LogP contribution is -2.41. The standard InChI is InChI=1S/C26H27F2N7O3S/c1-34-10-9-19(14-34)35(2)26(37)32-22-13-24(30-15-29-22)38-21-8-7-18(12-20(21)28)31-25(39)33-23(36)11-16-3-5-17(27)6-4-16/h3-8,12-13,15,19H,9-11,14H2,1-2H3,(H,29,30,32,37)(H2,31,33,36,39). The van der Waals surface area contributed by atoms with Gasteiger partial charge in [0.2, 0.25) is 11.8 Å². The van der Waals surface area contributed by atoms with Crippen molar-refractivity contribution in [3.63, 3.8) is 0 Å². The smallest absolute Gasteiger partial charge is 0.323 e. The summed E-state index contributed by atoms with van der Waals surface area (Å²) < 4.78 is 33.3. The van der Waals surface area contributed by atoms with E-state index >= 15 is 0 Å². The molecule has 3 amide bonds. The van der Waals surface area contributed by atoms with Gasteiger partial charge in [-0.05, 0) is 62.1 Å². The molecule has 0 saturated carbocycles. The van der Waals surface area contributed by atoms with Crippen LogP contribution in [0.3, 0.4) is 0 Å². The van der Waals surface area contributed by atoms with E-state index in [0.717, 1.165) is 25.6 Å². The quantitative estimate of drug-likeness (QED) is 0.378. The number of aromatic nitrogens is 2. The summed E-state index contributed by atoms with van der Waals surface area (Å²) in [5, 5.41) is 7.90. The van der Waals surface area contributed by atoms with Gasteiger partial charge in [-0.25, -0.2) is 23.5 Å². The number of amides is 3. The van der Waals surface area contributed by atoms with Crippen molar-refractivity contribution in [2.45, 2.75) is 18.9 Å². The molecule has 1 aliphatic rings. The number of benzene rings is 2. The zero-order valence-electron chi connectivity index (χ0n) is 21.3. The summed E-state index contributed by atoms with van der Waals surface area (Å²) in [5.41, 5.74) is 0.897. The van der Waals surface area contributed by atoms with E-state index in [1.54, 1.807) is 11.9 Å². The Hall–Kier alpha value is -4.23. The predicted molar refractivity (Wildman–Crippen MR) is 146 cm³/mol. The fourth-order valence-electron chi connectivity index (χ4n) is 3.95. The number of carbonyl (C=O) groups excluding carboxylic acids is 2. The average Bonchev–Trinajstić information content (AvgIpc) is 3.33. The van der Waals surface area contributed by atoms with Crippen molar-refractivity contribution in [1.82, 2.24) is 25.1 Å². The van der Waals surface area contributed by atoms with Crippen LogP contribution >= 0.6 is 12.2 Å². The molecule has 0 aliphatic carbocycles. The molecule has 13 heteroatoms. The molecular weight excluding hydrogens is 528 g/mol. The van der Waals surface area contributed by atoms with Gasteiger partial charge in [0.15, 0.2) is 16.7 Å². The number of thiocarbonyl (C=S) groups is 1. The minimum absolute atomic E-state index is 0.00116. The van der Waals surface area contributed by atoms with Gasteiger partial charge in [0.1, 0.15) is 18.0 Å². The third-order valence-electron chi connectivity index (χ3n) is 6.05. The Morgan fingerprint density at radius 3 is 2.59 bits per heavy atom. The second-order valence-electron chi connectivity index (χ2n) is 9.04. The van der Waals surface area contributed by atoms with Crippen LogP contribution in [0.25, 0.3) is 0 Å². The fourth-order valence-corrected chi connectivity index (χ4v) is 4.18. The van der Waals surface area contributed by atoms with E-state index in [1.807, 2.05) is 7.05 Å². The summed E-state index contributed by atoms with van der Waals surface area (Å²) in [6.45, 7) is 1.71. The Bertz CT molecular complexity index is 1360. The maximum absolute atomic E-state index is 14.7. The first-order valence-electron chi connectivity index (χ1n) is 12.0. The number of likely N-dealkylation sites (N-methyl/N-ethyl adjacent to an activating group) is 2. The Morgan fingerprint density at radius 2 is 1.90 bits per heavy atom. The van der Waals surface area contributed by atoms with Crippen molar-refractivity contribution < 1.29 is 23.1 Å². The highest BCUT2D eigenvalue weighted by molar-refractivity contribution is 7.80. The van der Waals surface area contributed by atoms with E-state index in [4.69, 9.17) is 17.0 Å². The van der Waals surface area contributed by atoms with Crippen molar-refractivity contribution in [1.29, 1.82) is 0 Å². The number of ether oxygens (including phenoxy) is 1. The van der Waals surface area contributed by atoms with Gasteiger partial charge in [-0.2, -0.15) is 0 Å². The Kier molecular flexibility index (Phi) is 8.94. The molecule has 2 aromatic carbocycles. The highest BCUT2D eigenvalue weighted by atomic mass is 32.1. The molecule has 1 unspecified atom stereocenters. The highest BCUT2D eigenvalue weighted by Gasteiger charge is 2.26. The molecule has 3 N–H and O–H groups in total. The molecule has 204 valence electrons. The number of nitrogens with one attached hydrogen (secondary N) is 3. The zero-order valence-corrected chi connectivity index (χ0v) is 22.1. The Labute approximate surface area is 229 Å². The summed E-state index contributed by atoms with van der Waals surface area (Å²) in [4.78, 5) is 36.6. The summed E-state index contributed by atoms with van der Waals surface area (Å²) >= 11 is 5.12. The van der Waals surface area contributed by atoms with Gasteiger partial charge in [0, 0.05) is 37.5 Å². The van der Waals surface area contributed by atoms with Crippen molar-refractivity contribution in [2.24, 2.45) is 0 Å². The molecule has 2 heterocycles. The van der Waals surface area contributed by atoms with Crippen LogP contribution in [0.1, 0.15) is 12.0 Å². The Balaban J connectivity index is 1.30. The maximum Gasteiger partial charge on any atom is 0.323 e. The minimum atomic E-state index is -0.713. The first kappa shape index (κ1) is 27.8. The second kappa shape index (κ2) is 12.5. The van der Waals surface area contributed by atoms with Crippen LogP contribution in [0.4, 0.5) is 25.1 Å². The van der Waals surface area contributed by atoms with Crippen molar-refractivity contribution in [2.75, 3.05) is 37.8 Å². The summed E-state index contributed by atoms with van der Waals surface area (Å²) in [6, 6.07) is 10.7. The third-order valence-corrected chi connectivity index (χ3v) is 6.25. The number of urea groups is 1. The van der Waals surface area contributed by atoms with Crippen LogP contribution in [0.5, 0.6) is 11.6 Å². The maximum atomic E-state index is 14.7. The van der Waals surface area contributed by atoms with Crippen LogP contribution in [-0.2, 0) is 11.2 Å². The molecule has 1 atom stereocenters. The van der Waals surface area contributed by atoms with E-state index in [2.05, 4.69) is 30.8 Å². The van der Waals surface area contributed by atoms with Crippen LogP contribution in [0.2, 0.25) is 0 Å². The van der Waals surface area contributed by atoms with Crippen molar-refractivity contribution >= 4 is 40.8 Å². The van der Waals surface area contributed by atoms with Gasteiger partial charge >= 0.3 is 6.03 Å². The molecule has 0 bridgehead atoms. The molecule has 10 nitrogen and oxygen atoms in total. The minimum Gasteiger partial charge on any atom is -0.436 e. The molecule has 1 aliphatic heterocycles. The lowest BCUT2D eigenvalue weighted by Gasteiger charge is -2.24. The number of likely N-dealkylation sites (tertiary alicyclic amines) is 1. The molecule has 0 radical (unpaired) electrons. The number of hydrogen-bond acceptors (Lipinski definition) is 7. The van der Waals surface area contributed by atoms with Crippen LogP contribution in [0.15, 0.2) is 54.9 Å². The second-order valence-corrected chi connectivity index (χ2v) is 9.45. The fraction of sp³-hybridized carbons (Fsp3) is 0.269. The lowest BCUT2D eigenvalue weighted by molar-refractivity contribution is -0.119. The van der Waals surface area contributed by atoms with Gasteiger partial charge in [-0.3, -0.25) is 10.1 Å². The number of hydrogen-bond donors (Lipinski definition) is 3. The number of nitrogens with zero attached hydrogens (tertiary/aromatic N) is 4. The monoisotopic (exact) mass is 555 g/mol. The first-order chi connectivity index (χ1) is 18.7. The van der Waals surface area contributed by atoms with Gasteiger partial charge in [0.25, 0.3) is 0 Å². The Morgan fingerprint density at radius 1 is 1.13 bits per heavy atom. The van der Waals surface area contributed by atoms with E-state index < -0.39 is 17.5 Å². The van der Waals surface area contributed by atoms with E-state index in [-0.39, 0.29) is 46.7 Å². The highest BCUT2D eigenvalue weighted by Crippen LogP contribution is 2.26. The van der Waals surface area contributed by atoms with E-state index in [9.17, 15) is 18.4 Å². The SMILES string of the molecule is CN1CCC(N(C)C(=O)Nc2cc(Oc3ccc(NC(=S)NC(=O)Cc4ccc(F)cc4)cc3F)ncn2)C1. The summed E-state index contributed by atoms with van der Waals surface area (Å²) in [7, 11) is 3.73. The van der Waals surface area contributed by atoms with Crippen LogP contribution in [0, 0.1) is 11.6 Å². The largest absolute Gasteiger partial charge is 0.436 e. The predicted octanol–water partition coefficient (Wildman–Crippen LogP) is 3.77. The topological polar surface area (TPSA) is 112 Å². The number of rotatable bonds is 7. The van der Waals surface area contributed by atoms with E-state index in [0.29, 0.717) is 5.56 Å². The average molecular weight is 556 g/mol. The lowest BCUT2D eigenvalue weighted by atomic mass is 10.1. The van der Waals surface area contributed by atoms with Crippen LogP contribution in [-0.4, -0.2) is 70.0 Å². The van der Waals surface area contributed by atoms with Crippen LogP contribution < -0.4 is 20.7 Å². The van der Waals surface area contributed by atoms with Crippen molar-refractivity contribution in [3.8, 4) is 11.6 Å². The normalized spacial score (nSPS) is 14.9. The molecular formula is C26H27F2N7O3S. The molecule has 4 rings (SSSR count). The molecule has 3 aromatic rings. The van der Waals surface area contributed by atoms with Crippen molar-refractivity contribution in [3.05, 3.63) is 72.1 Å². The molecule has 1 aromatic heterocycles. The van der Waals surface area contributed by atoms with Gasteiger partial charge in [-0.1, -0.05) is 12.1 Å². The summed E-state index contributed by atoms with van der Waals surface area (Å²) in [5.74, 6) is -1.39. The van der Waals surface area contributed by atoms with Gasteiger partial charge < -0.3 is 25.2 Å². The molecule has 1 saturated heterocycles. The molecule has 1 fully saturated rings. The van der Waals surface area contributed by atoms with Gasteiger partial charge in [-0.15, -0.1) is 0 Å². The molecule has 39 heavy (non-hydrogen) atoms. The number of carbonyl (C=O) groups is 2.